The lowest BCUT2D eigenvalue weighted by Crippen LogP contribution is -2.05. The molecule has 0 aromatic heterocycles. The molecule has 1 atom stereocenters. The number of aliphatic hydroxyl groups is 1. The van der Waals surface area contributed by atoms with Crippen LogP contribution in [0, 0.1) is 26.6 Å². The largest absolute Gasteiger partial charge is 0.388 e. The Labute approximate surface area is 124 Å². The van der Waals surface area contributed by atoms with Crippen molar-refractivity contribution in [3.8, 4) is 0 Å². The highest BCUT2D eigenvalue weighted by Crippen LogP contribution is 2.26. The predicted octanol–water partition coefficient (Wildman–Crippen LogP) is 4.68. The van der Waals surface area contributed by atoms with Crippen LogP contribution in [0.2, 0.25) is 5.02 Å². The van der Waals surface area contributed by atoms with Crippen molar-refractivity contribution < 1.29 is 9.50 Å². The number of aliphatic hydroxyl groups excluding tert-OH is 1. The van der Waals surface area contributed by atoms with Crippen LogP contribution in [0.15, 0.2) is 30.3 Å². The molecule has 0 saturated carbocycles. The van der Waals surface area contributed by atoms with E-state index < -0.39 is 11.9 Å². The van der Waals surface area contributed by atoms with Gasteiger partial charge in [-0.2, -0.15) is 0 Å². The molecule has 106 valence electrons. The van der Waals surface area contributed by atoms with Gasteiger partial charge in [0.2, 0.25) is 0 Å². The van der Waals surface area contributed by atoms with Crippen LogP contribution in [-0.4, -0.2) is 5.11 Å². The quantitative estimate of drug-likeness (QED) is 0.871. The molecule has 0 bridgehead atoms. The van der Waals surface area contributed by atoms with Crippen LogP contribution in [0.5, 0.6) is 0 Å². The fraction of sp³-hybridized carbons (Fsp3) is 0.294. The zero-order chi connectivity index (χ0) is 14.9. The highest BCUT2D eigenvalue weighted by molar-refractivity contribution is 6.30. The van der Waals surface area contributed by atoms with Gasteiger partial charge in [0.1, 0.15) is 5.82 Å². The summed E-state index contributed by atoms with van der Waals surface area (Å²) in [7, 11) is 0. The third kappa shape index (κ3) is 3.20. The minimum absolute atomic E-state index is 0.102. The van der Waals surface area contributed by atoms with E-state index in [1.165, 1.54) is 17.7 Å². The Morgan fingerprint density at radius 1 is 1.05 bits per heavy atom. The van der Waals surface area contributed by atoms with E-state index in [0.717, 1.165) is 22.3 Å². The second-order valence-corrected chi connectivity index (χ2v) is 5.67. The van der Waals surface area contributed by atoms with Gasteiger partial charge in [-0.25, -0.2) is 4.39 Å². The maximum absolute atomic E-state index is 13.4. The molecule has 20 heavy (non-hydrogen) atoms. The SMILES string of the molecule is Cc1cc(C)c(C(O)Cc2ccc(Cl)c(F)c2)cc1C. The number of halogens is 2. The number of hydrogen-bond donors (Lipinski definition) is 1. The summed E-state index contributed by atoms with van der Waals surface area (Å²) in [4.78, 5) is 0. The Morgan fingerprint density at radius 2 is 1.70 bits per heavy atom. The minimum atomic E-state index is -0.644. The molecular formula is C17H18ClFO. The maximum atomic E-state index is 13.4. The van der Waals surface area contributed by atoms with E-state index in [2.05, 4.69) is 6.07 Å². The van der Waals surface area contributed by atoms with Crippen molar-refractivity contribution in [3.05, 3.63) is 69.0 Å². The van der Waals surface area contributed by atoms with Crippen molar-refractivity contribution in [2.45, 2.75) is 33.3 Å². The van der Waals surface area contributed by atoms with Crippen LogP contribution in [0.3, 0.4) is 0 Å². The molecule has 0 saturated heterocycles. The highest BCUT2D eigenvalue weighted by atomic mass is 35.5. The Bertz CT molecular complexity index is 637. The van der Waals surface area contributed by atoms with Crippen molar-refractivity contribution >= 4 is 11.6 Å². The standard InChI is InChI=1S/C17H18ClFO/c1-10-6-12(3)14(7-11(10)2)17(20)9-13-4-5-15(18)16(19)8-13/h4-8,17,20H,9H2,1-3H3. The lowest BCUT2D eigenvalue weighted by atomic mass is 9.94. The first kappa shape index (κ1) is 15.0. The normalized spacial score (nSPS) is 12.5. The molecule has 2 aromatic rings. The molecule has 0 aliphatic heterocycles. The number of hydrogen-bond acceptors (Lipinski definition) is 1. The summed E-state index contributed by atoms with van der Waals surface area (Å²) < 4.78 is 13.4. The fourth-order valence-corrected chi connectivity index (χ4v) is 2.46. The van der Waals surface area contributed by atoms with Crippen molar-refractivity contribution in [2.75, 3.05) is 0 Å². The Hall–Kier alpha value is -1.38. The first-order chi connectivity index (χ1) is 9.38. The Kier molecular flexibility index (Phi) is 4.46. The zero-order valence-electron chi connectivity index (χ0n) is 11.9. The van der Waals surface area contributed by atoms with Gasteiger partial charge in [-0.3, -0.25) is 0 Å². The fourth-order valence-electron chi connectivity index (χ4n) is 2.34. The lowest BCUT2D eigenvalue weighted by molar-refractivity contribution is 0.177. The molecule has 0 heterocycles. The average molecular weight is 293 g/mol. The van der Waals surface area contributed by atoms with Gasteiger partial charge in [0, 0.05) is 6.42 Å². The summed E-state index contributed by atoms with van der Waals surface area (Å²) in [5.74, 6) is -0.451. The van der Waals surface area contributed by atoms with Crippen LogP contribution in [0.1, 0.15) is 33.9 Å². The van der Waals surface area contributed by atoms with E-state index in [1.54, 1.807) is 6.07 Å². The molecule has 1 unspecified atom stereocenters. The van der Waals surface area contributed by atoms with E-state index >= 15 is 0 Å². The van der Waals surface area contributed by atoms with Gasteiger partial charge in [0.25, 0.3) is 0 Å². The van der Waals surface area contributed by atoms with E-state index in [0.29, 0.717) is 6.42 Å². The third-order valence-electron chi connectivity index (χ3n) is 3.65. The maximum Gasteiger partial charge on any atom is 0.142 e. The van der Waals surface area contributed by atoms with Crippen LogP contribution in [0.4, 0.5) is 4.39 Å². The van der Waals surface area contributed by atoms with Crippen molar-refractivity contribution in [1.29, 1.82) is 0 Å². The summed E-state index contributed by atoms with van der Waals surface area (Å²) in [6.07, 6.45) is -0.271. The lowest BCUT2D eigenvalue weighted by Gasteiger charge is -2.16. The van der Waals surface area contributed by atoms with Crippen LogP contribution >= 0.6 is 11.6 Å². The van der Waals surface area contributed by atoms with Gasteiger partial charge < -0.3 is 5.11 Å². The van der Waals surface area contributed by atoms with Crippen molar-refractivity contribution in [2.24, 2.45) is 0 Å². The van der Waals surface area contributed by atoms with Gasteiger partial charge in [0.15, 0.2) is 0 Å². The van der Waals surface area contributed by atoms with Crippen molar-refractivity contribution in [3.63, 3.8) is 0 Å². The summed E-state index contributed by atoms with van der Waals surface area (Å²) in [5, 5.41) is 10.5. The first-order valence-corrected chi connectivity index (χ1v) is 6.96. The van der Waals surface area contributed by atoms with Crippen LogP contribution in [-0.2, 0) is 6.42 Å². The van der Waals surface area contributed by atoms with Crippen LogP contribution in [0.25, 0.3) is 0 Å². The number of rotatable bonds is 3. The van der Waals surface area contributed by atoms with Gasteiger partial charge in [-0.05, 0) is 60.7 Å². The molecule has 0 spiro atoms. The predicted molar refractivity (Wildman–Crippen MR) is 80.7 cm³/mol. The van der Waals surface area contributed by atoms with E-state index in [9.17, 15) is 9.50 Å². The molecule has 3 heteroatoms. The summed E-state index contributed by atoms with van der Waals surface area (Å²) in [6.45, 7) is 6.05. The summed E-state index contributed by atoms with van der Waals surface area (Å²) in [6, 6.07) is 8.71. The topological polar surface area (TPSA) is 20.2 Å². The summed E-state index contributed by atoms with van der Waals surface area (Å²) >= 11 is 5.66. The van der Waals surface area contributed by atoms with Crippen LogP contribution < -0.4 is 0 Å². The molecule has 0 radical (unpaired) electrons. The first-order valence-electron chi connectivity index (χ1n) is 6.58. The molecule has 0 amide bonds. The van der Waals surface area contributed by atoms with Gasteiger partial charge in [-0.1, -0.05) is 29.8 Å². The molecule has 1 N–H and O–H groups in total. The second kappa shape index (κ2) is 5.94. The molecule has 0 aliphatic carbocycles. The minimum Gasteiger partial charge on any atom is -0.388 e. The van der Waals surface area contributed by atoms with Gasteiger partial charge in [-0.15, -0.1) is 0 Å². The molecule has 0 fully saturated rings. The zero-order valence-corrected chi connectivity index (χ0v) is 12.6. The second-order valence-electron chi connectivity index (χ2n) is 5.26. The highest BCUT2D eigenvalue weighted by Gasteiger charge is 2.13. The van der Waals surface area contributed by atoms with Crippen molar-refractivity contribution in [1.82, 2.24) is 0 Å². The molecule has 1 nitrogen and oxygen atoms in total. The molecule has 2 rings (SSSR count). The Morgan fingerprint density at radius 3 is 2.35 bits per heavy atom. The van der Waals surface area contributed by atoms with E-state index in [-0.39, 0.29) is 5.02 Å². The number of benzene rings is 2. The third-order valence-corrected chi connectivity index (χ3v) is 3.96. The van der Waals surface area contributed by atoms with E-state index in [1.807, 2.05) is 26.8 Å². The monoisotopic (exact) mass is 292 g/mol. The van der Waals surface area contributed by atoms with E-state index in [4.69, 9.17) is 11.6 Å². The van der Waals surface area contributed by atoms with Gasteiger partial charge in [0.05, 0.1) is 11.1 Å². The smallest absolute Gasteiger partial charge is 0.142 e. The number of aryl methyl sites for hydroxylation is 3. The Balaban J connectivity index is 2.25. The molecule has 2 aromatic carbocycles. The van der Waals surface area contributed by atoms with Gasteiger partial charge >= 0.3 is 0 Å². The molecular weight excluding hydrogens is 275 g/mol. The summed E-state index contributed by atoms with van der Waals surface area (Å²) in [5.41, 5.74) is 5.03. The molecule has 0 aliphatic rings. The average Bonchev–Trinajstić information content (AvgIpc) is 2.38.